The molecular weight excluding hydrogens is 418 g/mol. The van der Waals surface area contributed by atoms with Gasteiger partial charge in [0.25, 0.3) is 0 Å². The number of hydrogen-bond acceptors (Lipinski definition) is 6. The van der Waals surface area contributed by atoms with Gasteiger partial charge in [-0.2, -0.15) is 4.98 Å². The summed E-state index contributed by atoms with van der Waals surface area (Å²) in [6.07, 6.45) is 4.70. The first-order chi connectivity index (χ1) is 14.8. The van der Waals surface area contributed by atoms with E-state index in [9.17, 15) is 0 Å². The Labute approximate surface area is 183 Å². The molecule has 0 bridgehead atoms. The predicted molar refractivity (Wildman–Crippen MR) is 117 cm³/mol. The fourth-order valence-electron chi connectivity index (χ4n) is 3.84. The van der Waals surface area contributed by atoms with E-state index in [1.807, 2.05) is 54.6 Å². The monoisotopic (exact) mass is 437 g/mol. The van der Waals surface area contributed by atoms with Crippen molar-refractivity contribution < 1.29 is 4.52 Å². The Balaban J connectivity index is 1.41. The van der Waals surface area contributed by atoms with Crippen LogP contribution in [0.4, 0.5) is 0 Å². The maximum atomic E-state index is 6.46. The van der Waals surface area contributed by atoms with Crippen molar-refractivity contribution in [2.45, 2.75) is 42.6 Å². The molecule has 1 fully saturated rings. The zero-order chi connectivity index (χ0) is 20.3. The zero-order valence-electron chi connectivity index (χ0n) is 16.2. The van der Waals surface area contributed by atoms with Crippen LogP contribution in [-0.2, 0) is 5.75 Å². The van der Waals surface area contributed by atoms with Gasteiger partial charge in [-0.15, -0.1) is 10.2 Å². The molecule has 0 spiro atoms. The van der Waals surface area contributed by atoms with Gasteiger partial charge in [-0.3, -0.25) is 4.57 Å². The van der Waals surface area contributed by atoms with Crippen LogP contribution in [0, 0.1) is 0 Å². The molecule has 1 aliphatic rings. The Morgan fingerprint density at radius 3 is 2.57 bits per heavy atom. The van der Waals surface area contributed by atoms with E-state index in [0.29, 0.717) is 28.5 Å². The molecule has 0 radical (unpaired) electrons. The molecule has 0 atom stereocenters. The summed E-state index contributed by atoms with van der Waals surface area (Å²) in [5.41, 5.74) is 1.85. The summed E-state index contributed by atoms with van der Waals surface area (Å²) in [6, 6.07) is 18.0. The summed E-state index contributed by atoms with van der Waals surface area (Å²) in [6.45, 7) is 0. The van der Waals surface area contributed by atoms with Gasteiger partial charge >= 0.3 is 0 Å². The normalized spacial score (nSPS) is 14.4. The average molecular weight is 438 g/mol. The highest BCUT2D eigenvalue weighted by atomic mass is 35.5. The minimum absolute atomic E-state index is 0.385. The average Bonchev–Trinajstić information content (AvgIpc) is 3.53. The van der Waals surface area contributed by atoms with Gasteiger partial charge in [-0.1, -0.05) is 83.8 Å². The smallest absolute Gasteiger partial charge is 0.237 e. The molecule has 0 aliphatic heterocycles. The lowest BCUT2D eigenvalue weighted by atomic mass is 10.2. The first kappa shape index (κ1) is 19.3. The topological polar surface area (TPSA) is 69.6 Å². The number of halogens is 1. The van der Waals surface area contributed by atoms with Crippen LogP contribution < -0.4 is 0 Å². The summed E-state index contributed by atoms with van der Waals surface area (Å²) < 4.78 is 7.70. The Morgan fingerprint density at radius 2 is 1.77 bits per heavy atom. The molecular formula is C22H20ClN5OS. The summed E-state index contributed by atoms with van der Waals surface area (Å²) in [4.78, 5) is 4.52. The molecule has 0 unspecified atom stereocenters. The molecule has 0 saturated heterocycles. The lowest BCUT2D eigenvalue weighted by molar-refractivity contribution is 0.391. The van der Waals surface area contributed by atoms with Gasteiger partial charge in [0, 0.05) is 17.2 Å². The van der Waals surface area contributed by atoms with Gasteiger partial charge in [0.2, 0.25) is 11.7 Å². The maximum Gasteiger partial charge on any atom is 0.237 e. The van der Waals surface area contributed by atoms with E-state index in [4.69, 9.17) is 16.1 Å². The third-order valence-electron chi connectivity index (χ3n) is 5.29. The number of aromatic nitrogens is 5. The second-order valence-electron chi connectivity index (χ2n) is 7.26. The minimum atomic E-state index is 0.385. The number of hydrogen-bond donors (Lipinski definition) is 0. The predicted octanol–water partition coefficient (Wildman–Crippen LogP) is 6.06. The molecule has 6 nitrogen and oxygen atoms in total. The van der Waals surface area contributed by atoms with E-state index < -0.39 is 0 Å². The molecule has 0 N–H and O–H groups in total. The summed E-state index contributed by atoms with van der Waals surface area (Å²) >= 11 is 8.03. The van der Waals surface area contributed by atoms with Crippen molar-refractivity contribution in [2.75, 3.05) is 0 Å². The lowest BCUT2D eigenvalue weighted by Crippen LogP contribution is -2.08. The van der Waals surface area contributed by atoms with E-state index in [1.165, 1.54) is 12.8 Å². The van der Waals surface area contributed by atoms with Crippen molar-refractivity contribution in [3.8, 4) is 22.8 Å². The largest absolute Gasteiger partial charge is 0.338 e. The first-order valence-electron chi connectivity index (χ1n) is 10.0. The van der Waals surface area contributed by atoms with E-state index >= 15 is 0 Å². The summed E-state index contributed by atoms with van der Waals surface area (Å²) in [5, 5.41) is 14.6. The van der Waals surface area contributed by atoms with E-state index in [2.05, 4.69) is 24.9 Å². The van der Waals surface area contributed by atoms with Crippen molar-refractivity contribution >= 4 is 23.4 Å². The van der Waals surface area contributed by atoms with Crippen molar-refractivity contribution in [1.82, 2.24) is 24.9 Å². The molecule has 1 saturated carbocycles. The van der Waals surface area contributed by atoms with Crippen LogP contribution in [0.3, 0.4) is 0 Å². The Hall–Kier alpha value is -2.64. The Morgan fingerprint density at radius 1 is 1.00 bits per heavy atom. The van der Waals surface area contributed by atoms with Crippen LogP contribution in [0.2, 0.25) is 5.02 Å². The first-order valence-corrected chi connectivity index (χ1v) is 11.4. The van der Waals surface area contributed by atoms with E-state index in [-0.39, 0.29) is 0 Å². The molecule has 2 aromatic carbocycles. The molecule has 2 heterocycles. The zero-order valence-corrected chi connectivity index (χ0v) is 17.8. The molecule has 2 aromatic heterocycles. The molecule has 0 amide bonds. The van der Waals surface area contributed by atoms with Crippen molar-refractivity contribution in [3.05, 3.63) is 65.5 Å². The van der Waals surface area contributed by atoms with Crippen molar-refractivity contribution in [3.63, 3.8) is 0 Å². The molecule has 4 aromatic rings. The third-order valence-corrected chi connectivity index (χ3v) is 6.55. The van der Waals surface area contributed by atoms with Crippen LogP contribution in [0.1, 0.15) is 37.6 Å². The van der Waals surface area contributed by atoms with Gasteiger partial charge in [0.05, 0.1) is 10.8 Å². The van der Waals surface area contributed by atoms with Crippen LogP contribution in [0.25, 0.3) is 22.8 Å². The molecule has 152 valence electrons. The summed E-state index contributed by atoms with van der Waals surface area (Å²) in [7, 11) is 0. The second-order valence-corrected chi connectivity index (χ2v) is 8.61. The summed E-state index contributed by atoms with van der Waals surface area (Å²) in [5.74, 6) is 2.53. The quantitative estimate of drug-likeness (QED) is 0.341. The fourth-order valence-corrected chi connectivity index (χ4v) is 4.90. The Kier molecular flexibility index (Phi) is 5.55. The third kappa shape index (κ3) is 3.87. The number of benzene rings is 2. The van der Waals surface area contributed by atoms with Gasteiger partial charge in [-0.05, 0) is 25.0 Å². The van der Waals surface area contributed by atoms with Crippen molar-refractivity contribution in [1.29, 1.82) is 0 Å². The molecule has 1 aliphatic carbocycles. The van der Waals surface area contributed by atoms with Crippen LogP contribution in [0.5, 0.6) is 0 Å². The molecule has 5 rings (SSSR count). The van der Waals surface area contributed by atoms with Gasteiger partial charge < -0.3 is 4.52 Å². The highest BCUT2D eigenvalue weighted by molar-refractivity contribution is 7.98. The lowest BCUT2D eigenvalue weighted by Gasteiger charge is -2.17. The van der Waals surface area contributed by atoms with Crippen LogP contribution in [-0.4, -0.2) is 24.9 Å². The number of nitrogens with zero attached hydrogens (tertiary/aromatic N) is 5. The van der Waals surface area contributed by atoms with Gasteiger partial charge in [-0.25, -0.2) is 0 Å². The van der Waals surface area contributed by atoms with E-state index in [1.54, 1.807) is 11.8 Å². The van der Waals surface area contributed by atoms with Crippen molar-refractivity contribution in [2.24, 2.45) is 0 Å². The second kappa shape index (κ2) is 8.62. The SMILES string of the molecule is Clc1ccccc1-c1nnc(SCc2nc(-c3ccccc3)no2)n1C1CCCC1. The standard InChI is InChI=1S/C22H20ClN5OS/c23-18-13-7-6-12-17(18)21-25-26-22(28(21)16-10-4-5-11-16)30-14-19-24-20(27-29-19)15-8-2-1-3-9-15/h1-3,6-9,12-13,16H,4-5,10-11,14H2. The maximum absolute atomic E-state index is 6.46. The Bertz CT molecular complexity index is 1140. The number of rotatable bonds is 6. The highest BCUT2D eigenvalue weighted by Crippen LogP contribution is 2.38. The van der Waals surface area contributed by atoms with Gasteiger partial charge in [0.1, 0.15) is 0 Å². The minimum Gasteiger partial charge on any atom is -0.338 e. The number of thioether (sulfide) groups is 1. The van der Waals surface area contributed by atoms with Crippen LogP contribution in [0.15, 0.2) is 64.3 Å². The molecule has 8 heteroatoms. The fraction of sp³-hybridized carbons (Fsp3) is 0.273. The van der Waals surface area contributed by atoms with E-state index in [0.717, 1.165) is 34.9 Å². The highest BCUT2D eigenvalue weighted by Gasteiger charge is 2.26. The van der Waals surface area contributed by atoms with Gasteiger partial charge in [0.15, 0.2) is 11.0 Å². The molecule has 30 heavy (non-hydrogen) atoms. The van der Waals surface area contributed by atoms with Crippen LogP contribution >= 0.6 is 23.4 Å².